The Hall–Kier alpha value is -2.74. The molecule has 0 aliphatic carbocycles. The maximum Gasteiger partial charge on any atom is 0.410 e. The Morgan fingerprint density at radius 2 is 1.57 bits per heavy atom. The summed E-state index contributed by atoms with van der Waals surface area (Å²) in [6.07, 6.45) is -0.323. The number of ether oxygens (including phenoxy) is 1. The topological polar surface area (TPSA) is 79.0 Å². The lowest BCUT2D eigenvalue weighted by Gasteiger charge is -2.37. The number of benzene rings is 2. The van der Waals surface area contributed by atoms with Gasteiger partial charge in [-0.25, -0.2) is 13.2 Å². The second-order valence-electron chi connectivity index (χ2n) is 8.34. The van der Waals surface area contributed by atoms with Gasteiger partial charge in [-0.05, 0) is 51.5 Å². The molecule has 0 radical (unpaired) electrons. The van der Waals surface area contributed by atoms with Gasteiger partial charge >= 0.3 is 6.09 Å². The molecule has 0 unspecified atom stereocenters. The van der Waals surface area contributed by atoms with Crippen molar-refractivity contribution in [2.75, 3.05) is 35.8 Å². The molecule has 1 aliphatic rings. The Kier molecular flexibility index (Phi) is 6.26. The summed E-state index contributed by atoms with van der Waals surface area (Å²) in [5, 5.41) is 0. The van der Waals surface area contributed by atoms with Crippen LogP contribution in [-0.2, 0) is 14.8 Å². The van der Waals surface area contributed by atoms with Gasteiger partial charge in [0, 0.05) is 26.2 Å². The molecule has 1 N–H and O–H groups in total. The second kappa shape index (κ2) is 8.55. The third kappa shape index (κ3) is 5.24. The number of sulfonamides is 1. The zero-order valence-electron chi connectivity index (χ0n) is 17.9. The molecular formula is C22H29N3O4S. The lowest BCUT2D eigenvalue weighted by molar-refractivity contribution is 0.0240. The molecule has 162 valence electrons. The van der Waals surface area contributed by atoms with Gasteiger partial charge in [-0.3, -0.25) is 4.72 Å². The van der Waals surface area contributed by atoms with E-state index in [-0.39, 0.29) is 11.0 Å². The van der Waals surface area contributed by atoms with Crippen LogP contribution in [0.5, 0.6) is 0 Å². The highest BCUT2D eigenvalue weighted by Crippen LogP contribution is 2.29. The molecule has 30 heavy (non-hydrogen) atoms. The van der Waals surface area contributed by atoms with Crippen molar-refractivity contribution in [1.82, 2.24) is 4.90 Å². The maximum atomic E-state index is 12.9. The van der Waals surface area contributed by atoms with E-state index in [1.165, 1.54) is 0 Å². The Labute approximate surface area is 178 Å². The number of piperazine rings is 1. The number of aryl methyl sites for hydroxylation is 1. The Balaban J connectivity index is 1.74. The monoisotopic (exact) mass is 431 g/mol. The van der Waals surface area contributed by atoms with E-state index < -0.39 is 15.6 Å². The van der Waals surface area contributed by atoms with Gasteiger partial charge in [0.1, 0.15) is 5.60 Å². The van der Waals surface area contributed by atoms with Crippen molar-refractivity contribution in [3.8, 4) is 0 Å². The Morgan fingerprint density at radius 3 is 2.20 bits per heavy atom. The lowest BCUT2D eigenvalue weighted by Crippen LogP contribution is -2.50. The number of carbonyl (C=O) groups is 1. The van der Waals surface area contributed by atoms with Crippen molar-refractivity contribution in [2.45, 2.75) is 38.2 Å². The van der Waals surface area contributed by atoms with Crippen molar-refractivity contribution in [1.29, 1.82) is 0 Å². The first-order valence-electron chi connectivity index (χ1n) is 9.97. The fourth-order valence-corrected chi connectivity index (χ4v) is 4.67. The maximum absolute atomic E-state index is 12.9. The summed E-state index contributed by atoms with van der Waals surface area (Å²) in [6, 6.07) is 14.2. The predicted octanol–water partition coefficient (Wildman–Crippen LogP) is 3.85. The third-order valence-corrected chi connectivity index (χ3v) is 6.33. The average Bonchev–Trinajstić information content (AvgIpc) is 2.67. The summed E-state index contributed by atoms with van der Waals surface area (Å²) in [7, 11) is -3.71. The van der Waals surface area contributed by atoms with Crippen LogP contribution in [0.2, 0.25) is 0 Å². The lowest BCUT2D eigenvalue weighted by atomic mass is 10.2. The number of nitrogens with zero attached hydrogens (tertiary/aromatic N) is 2. The Bertz CT molecular complexity index is 1010. The van der Waals surface area contributed by atoms with E-state index in [1.54, 1.807) is 42.2 Å². The molecule has 1 saturated heterocycles. The van der Waals surface area contributed by atoms with Gasteiger partial charge in [0.05, 0.1) is 16.3 Å². The normalized spacial score (nSPS) is 15.1. The number of nitrogens with one attached hydrogen (secondary N) is 1. The highest BCUT2D eigenvalue weighted by atomic mass is 32.2. The summed E-state index contributed by atoms with van der Waals surface area (Å²) in [5.74, 6) is 0. The minimum absolute atomic E-state index is 0.259. The van der Waals surface area contributed by atoms with Crippen LogP contribution < -0.4 is 9.62 Å². The molecule has 0 spiro atoms. The van der Waals surface area contributed by atoms with E-state index in [4.69, 9.17) is 4.74 Å². The van der Waals surface area contributed by atoms with Gasteiger partial charge in [-0.2, -0.15) is 0 Å². The minimum Gasteiger partial charge on any atom is -0.444 e. The van der Waals surface area contributed by atoms with Crippen molar-refractivity contribution < 1.29 is 17.9 Å². The van der Waals surface area contributed by atoms with Crippen LogP contribution in [0.25, 0.3) is 0 Å². The van der Waals surface area contributed by atoms with E-state index >= 15 is 0 Å². The predicted molar refractivity (Wildman–Crippen MR) is 118 cm³/mol. The van der Waals surface area contributed by atoms with Gasteiger partial charge in [-0.15, -0.1) is 0 Å². The molecule has 7 nitrogen and oxygen atoms in total. The first-order chi connectivity index (χ1) is 14.1. The van der Waals surface area contributed by atoms with Crippen LogP contribution in [0.4, 0.5) is 16.2 Å². The number of hydrogen-bond acceptors (Lipinski definition) is 5. The van der Waals surface area contributed by atoms with E-state index in [9.17, 15) is 13.2 Å². The molecule has 8 heteroatoms. The molecule has 1 heterocycles. The van der Waals surface area contributed by atoms with E-state index in [0.717, 1.165) is 5.69 Å². The SMILES string of the molecule is Cc1ccccc1S(=O)(=O)Nc1ccccc1N1CCN(C(=O)OC(C)(C)C)CC1. The highest BCUT2D eigenvalue weighted by Gasteiger charge is 2.27. The largest absolute Gasteiger partial charge is 0.444 e. The van der Waals surface area contributed by atoms with Gasteiger partial charge in [0.25, 0.3) is 10.0 Å². The molecule has 0 saturated carbocycles. The number of carbonyl (C=O) groups excluding carboxylic acids is 1. The quantitative estimate of drug-likeness (QED) is 0.795. The highest BCUT2D eigenvalue weighted by molar-refractivity contribution is 7.92. The number of rotatable bonds is 4. The molecule has 0 atom stereocenters. The van der Waals surface area contributed by atoms with Crippen LogP contribution >= 0.6 is 0 Å². The van der Waals surface area contributed by atoms with Gasteiger partial charge in [0.15, 0.2) is 0 Å². The van der Waals surface area contributed by atoms with Crippen LogP contribution in [0.1, 0.15) is 26.3 Å². The first kappa shape index (κ1) is 22.0. The molecule has 0 bridgehead atoms. The number of para-hydroxylation sites is 2. The summed E-state index contributed by atoms with van der Waals surface area (Å²) < 4.78 is 34.0. The summed E-state index contributed by atoms with van der Waals surface area (Å²) in [5.41, 5.74) is 1.47. The molecule has 1 aliphatic heterocycles. The zero-order valence-corrected chi connectivity index (χ0v) is 18.7. The van der Waals surface area contributed by atoms with Crippen molar-refractivity contribution in [2.24, 2.45) is 0 Å². The van der Waals surface area contributed by atoms with Gasteiger partial charge < -0.3 is 14.5 Å². The molecule has 2 aromatic carbocycles. The molecule has 1 fully saturated rings. The molecular weight excluding hydrogens is 402 g/mol. The molecule has 1 amide bonds. The number of amides is 1. The second-order valence-corrected chi connectivity index (χ2v) is 9.99. The standard InChI is InChI=1S/C22H29N3O4S/c1-17-9-5-8-12-20(17)30(27,28)23-18-10-6-7-11-19(18)24-13-15-25(16-14-24)21(26)29-22(2,3)4/h5-12,23H,13-16H2,1-4H3. The van der Waals surface area contributed by atoms with E-state index in [1.807, 2.05) is 39.0 Å². The fraction of sp³-hybridized carbons (Fsp3) is 0.409. The summed E-state index contributed by atoms with van der Waals surface area (Å²) >= 11 is 0. The van der Waals surface area contributed by atoms with Crippen molar-refractivity contribution in [3.05, 3.63) is 54.1 Å². The van der Waals surface area contributed by atoms with Crippen LogP contribution in [-0.4, -0.2) is 51.2 Å². The van der Waals surface area contributed by atoms with Crippen LogP contribution in [0, 0.1) is 6.92 Å². The van der Waals surface area contributed by atoms with Crippen molar-refractivity contribution in [3.63, 3.8) is 0 Å². The van der Waals surface area contributed by atoms with Gasteiger partial charge in [-0.1, -0.05) is 30.3 Å². The number of anilines is 2. The molecule has 0 aromatic heterocycles. The molecule has 3 rings (SSSR count). The van der Waals surface area contributed by atoms with Gasteiger partial charge in [0.2, 0.25) is 0 Å². The summed E-state index contributed by atoms with van der Waals surface area (Å²) in [6.45, 7) is 9.50. The van der Waals surface area contributed by atoms with Crippen LogP contribution in [0.3, 0.4) is 0 Å². The smallest absolute Gasteiger partial charge is 0.410 e. The summed E-state index contributed by atoms with van der Waals surface area (Å²) in [4.78, 5) is 16.3. The Morgan fingerprint density at radius 1 is 0.967 bits per heavy atom. The third-order valence-electron chi connectivity index (χ3n) is 4.80. The molecule has 2 aromatic rings. The average molecular weight is 432 g/mol. The zero-order chi connectivity index (χ0) is 21.9. The van der Waals surface area contributed by atoms with Crippen LogP contribution in [0.15, 0.2) is 53.4 Å². The number of hydrogen-bond donors (Lipinski definition) is 1. The van der Waals surface area contributed by atoms with E-state index in [2.05, 4.69) is 9.62 Å². The fourth-order valence-electron chi connectivity index (χ4n) is 3.35. The van der Waals surface area contributed by atoms with Crippen molar-refractivity contribution >= 4 is 27.5 Å². The minimum atomic E-state index is -3.71. The van der Waals surface area contributed by atoms with E-state index in [0.29, 0.717) is 37.4 Å². The first-order valence-corrected chi connectivity index (χ1v) is 11.5.